The van der Waals surface area contributed by atoms with Crippen molar-refractivity contribution >= 4 is 9.84 Å². The number of rotatable bonds is 7. The van der Waals surface area contributed by atoms with Gasteiger partial charge in [-0.2, -0.15) is 0 Å². The zero-order valence-corrected chi connectivity index (χ0v) is 9.83. The summed E-state index contributed by atoms with van der Waals surface area (Å²) in [6.45, 7) is 3.84. The van der Waals surface area contributed by atoms with E-state index in [9.17, 15) is 8.42 Å². The highest BCUT2D eigenvalue weighted by atomic mass is 32.2. The number of hydrogen-bond donors (Lipinski definition) is 0. The van der Waals surface area contributed by atoms with Crippen molar-refractivity contribution in [1.82, 2.24) is 0 Å². The second kappa shape index (κ2) is 6.25. The quantitative estimate of drug-likeness (QED) is 0.620. The van der Waals surface area contributed by atoms with Gasteiger partial charge in [-0.25, -0.2) is 8.42 Å². The minimum atomic E-state index is -2.99. The number of hydrogen-bond acceptors (Lipinski definition) is 4. The van der Waals surface area contributed by atoms with E-state index in [1.807, 2.05) is 0 Å². The lowest BCUT2D eigenvalue weighted by atomic mass is 10.4. The van der Waals surface area contributed by atoms with Gasteiger partial charge in [0.25, 0.3) is 0 Å². The molecule has 15 heavy (non-hydrogen) atoms. The standard InChI is InChI=1S/C10H18O4S/c1-2-3-5-13-6-7-14-10-4-8-15(11,12)9-10/h4,8,10H,2-3,5-7,9H2,1H3. The molecule has 1 aliphatic heterocycles. The Bertz CT molecular complexity index is 295. The van der Waals surface area contributed by atoms with Crippen molar-refractivity contribution in [2.24, 2.45) is 0 Å². The first kappa shape index (κ1) is 12.7. The van der Waals surface area contributed by atoms with Crippen molar-refractivity contribution in [3.05, 3.63) is 11.5 Å². The second-order valence-electron chi connectivity index (χ2n) is 3.53. The van der Waals surface area contributed by atoms with Crippen molar-refractivity contribution in [3.63, 3.8) is 0 Å². The van der Waals surface area contributed by atoms with E-state index in [4.69, 9.17) is 9.47 Å². The van der Waals surface area contributed by atoms with Gasteiger partial charge in [0.05, 0.1) is 25.1 Å². The van der Waals surface area contributed by atoms with E-state index < -0.39 is 9.84 Å². The Morgan fingerprint density at radius 3 is 2.73 bits per heavy atom. The lowest BCUT2D eigenvalue weighted by molar-refractivity contribution is 0.0306. The second-order valence-corrected chi connectivity index (χ2v) is 5.46. The van der Waals surface area contributed by atoms with Crippen LogP contribution in [0, 0.1) is 0 Å². The lowest BCUT2D eigenvalue weighted by Gasteiger charge is -2.09. The van der Waals surface area contributed by atoms with Gasteiger partial charge in [-0.15, -0.1) is 0 Å². The monoisotopic (exact) mass is 234 g/mol. The molecule has 0 aromatic heterocycles. The molecule has 0 saturated heterocycles. The van der Waals surface area contributed by atoms with Crippen molar-refractivity contribution < 1.29 is 17.9 Å². The van der Waals surface area contributed by atoms with Gasteiger partial charge in [-0.1, -0.05) is 13.3 Å². The third-order valence-corrected chi connectivity index (χ3v) is 3.46. The molecule has 1 heterocycles. The largest absolute Gasteiger partial charge is 0.379 e. The van der Waals surface area contributed by atoms with Crippen molar-refractivity contribution in [2.75, 3.05) is 25.6 Å². The van der Waals surface area contributed by atoms with E-state index in [1.165, 1.54) is 5.41 Å². The average molecular weight is 234 g/mol. The molecule has 1 atom stereocenters. The highest BCUT2D eigenvalue weighted by Gasteiger charge is 2.21. The van der Waals surface area contributed by atoms with Crippen LogP contribution in [-0.2, 0) is 19.3 Å². The number of unbranched alkanes of at least 4 members (excludes halogenated alkanes) is 1. The molecule has 88 valence electrons. The number of sulfone groups is 1. The first-order valence-electron chi connectivity index (χ1n) is 5.24. The Morgan fingerprint density at radius 1 is 1.33 bits per heavy atom. The highest BCUT2D eigenvalue weighted by molar-refractivity contribution is 7.94. The third-order valence-electron chi connectivity index (χ3n) is 2.10. The summed E-state index contributed by atoms with van der Waals surface area (Å²) < 4.78 is 32.6. The molecule has 0 spiro atoms. The van der Waals surface area contributed by atoms with Gasteiger partial charge >= 0.3 is 0 Å². The van der Waals surface area contributed by atoms with Crippen LogP contribution in [0.25, 0.3) is 0 Å². The SMILES string of the molecule is CCCCOCCOC1C=CS(=O)(=O)C1. The molecule has 0 N–H and O–H groups in total. The molecule has 0 aromatic carbocycles. The summed E-state index contributed by atoms with van der Waals surface area (Å²) in [5, 5.41) is 1.22. The zero-order valence-electron chi connectivity index (χ0n) is 9.02. The molecule has 1 rings (SSSR count). The van der Waals surface area contributed by atoms with Gasteiger partial charge < -0.3 is 9.47 Å². The van der Waals surface area contributed by atoms with E-state index >= 15 is 0 Å². The molecule has 5 heteroatoms. The molecule has 0 bridgehead atoms. The topological polar surface area (TPSA) is 52.6 Å². The Labute approximate surface area is 91.2 Å². The summed E-state index contributed by atoms with van der Waals surface area (Å²) in [6.07, 6.45) is 3.47. The fourth-order valence-electron chi connectivity index (χ4n) is 1.26. The van der Waals surface area contributed by atoms with E-state index in [-0.39, 0.29) is 11.9 Å². The van der Waals surface area contributed by atoms with Gasteiger partial charge in [-0.05, 0) is 12.5 Å². The molecular formula is C10H18O4S. The first-order valence-corrected chi connectivity index (χ1v) is 6.96. The van der Waals surface area contributed by atoms with Gasteiger partial charge in [0.2, 0.25) is 0 Å². The molecule has 0 aromatic rings. The average Bonchev–Trinajstić information content (AvgIpc) is 2.52. The van der Waals surface area contributed by atoms with Gasteiger partial charge in [0.15, 0.2) is 9.84 Å². The van der Waals surface area contributed by atoms with E-state index in [1.54, 1.807) is 6.08 Å². The highest BCUT2D eigenvalue weighted by Crippen LogP contribution is 2.10. The minimum absolute atomic E-state index is 0.0714. The van der Waals surface area contributed by atoms with Crippen molar-refractivity contribution in [1.29, 1.82) is 0 Å². The van der Waals surface area contributed by atoms with Gasteiger partial charge in [0.1, 0.15) is 0 Å². The molecule has 1 unspecified atom stereocenters. The molecule has 0 radical (unpaired) electrons. The summed E-state index contributed by atoms with van der Waals surface area (Å²) in [5.41, 5.74) is 0. The van der Waals surface area contributed by atoms with Gasteiger partial charge in [-0.3, -0.25) is 0 Å². The van der Waals surface area contributed by atoms with Crippen molar-refractivity contribution in [2.45, 2.75) is 25.9 Å². The fraction of sp³-hybridized carbons (Fsp3) is 0.800. The maximum absolute atomic E-state index is 11.0. The Hall–Kier alpha value is -0.390. The van der Waals surface area contributed by atoms with Crippen LogP contribution in [0.4, 0.5) is 0 Å². The smallest absolute Gasteiger partial charge is 0.174 e. The molecule has 0 amide bonds. The first-order chi connectivity index (χ1) is 7.14. The Morgan fingerprint density at radius 2 is 2.13 bits per heavy atom. The Kier molecular flexibility index (Phi) is 5.28. The maximum atomic E-state index is 11.0. The Balaban J connectivity index is 2.00. The summed E-state index contributed by atoms with van der Waals surface area (Å²) in [4.78, 5) is 0. The number of ether oxygens (including phenoxy) is 2. The zero-order chi connectivity index (χ0) is 11.1. The maximum Gasteiger partial charge on any atom is 0.174 e. The van der Waals surface area contributed by atoms with Crippen molar-refractivity contribution in [3.8, 4) is 0 Å². The summed E-state index contributed by atoms with van der Waals surface area (Å²) in [6, 6.07) is 0. The molecular weight excluding hydrogens is 216 g/mol. The summed E-state index contributed by atoms with van der Waals surface area (Å²) in [5.74, 6) is 0.0714. The predicted octanol–water partition coefficient (Wildman–Crippen LogP) is 1.13. The van der Waals surface area contributed by atoms with Crippen LogP contribution in [0.1, 0.15) is 19.8 Å². The summed E-state index contributed by atoms with van der Waals surface area (Å²) in [7, 11) is -2.99. The minimum Gasteiger partial charge on any atom is -0.379 e. The van der Waals surface area contributed by atoms with Crippen LogP contribution >= 0.6 is 0 Å². The third kappa shape index (κ3) is 5.30. The van der Waals surface area contributed by atoms with Gasteiger partial charge in [0, 0.05) is 12.0 Å². The molecule has 4 nitrogen and oxygen atoms in total. The molecule has 0 saturated carbocycles. The predicted molar refractivity (Wildman–Crippen MR) is 58.4 cm³/mol. The molecule has 0 fully saturated rings. The lowest BCUT2D eigenvalue weighted by Crippen LogP contribution is -2.18. The van der Waals surface area contributed by atoms with Crippen LogP contribution in [0.15, 0.2) is 11.5 Å². The van der Waals surface area contributed by atoms with Crippen LogP contribution < -0.4 is 0 Å². The normalized spacial score (nSPS) is 23.4. The molecule has 1 aliphatic rings. The van der Waals surface area contributed by atoms with E-state index in [0.29, 0.717) is 13.2 Å². The summed E-state index contributed by atoms with van der Waals surface area (Å²) >= 11 is 0. The fourth-order valence-corrected chi connectivity index (χ4v) is 2.45. The van der Waals surface area contributed by atoms with Crippen LogP contribution in [0.3, 0.4) is 0 Å². The van der Waals surface area contributed by atoms with Crippen LogP contribution in [-0.4, -0.2) is 40.1 Å². The van der Waals surface area contributed by atoms with E-state index in [0.717, 1.165) is 19.4 Å². The molecule has 0 aliphatic carbocycles. The van der Waals surface area contributed by atoms with Crippen LogP contribution in [0.2, 0.25) is 0 Å². The van der Waals surface area contributed by atoms with E-state index in [2.05, 4.69) is 6.92 Å². The van der Waals surface area contributed by atoms with Crippen LogP contribution in [0.5, 0.6) is 0 Å².